The van der Waals surface area contributed by atoms with Gasteiger partial charge in [-0.05, 0) is 144 Å². The summed E-state index contributed by atoms with van der Waals surface area (Å²) in [5, 5.41) is 2.38. The highest BCUT2D eigenvalue weighted by Gasteiger charge is 2.54. The number of hydrogen-bond donors (Lipinski definition) is 0. The van der Waals surface area contributed by atoms with Gasteiger partial charge in [0.25, 0.3) is 0 Å². The molecule has 408 valence electrons. The third kappa shape index (κ3) is 7.81. The van der Waals surface area contributed by atoms with E-state index in [0.29, 0.717) is 0 Å². The number of fused-ring (bicyclic) bond motifs is 15. The lowest BCUT2D eigenvalue weighted by Crippen LogP contribution is -2.26. The normalized spacial score (nSPS) is 13.4. The Labute approximate surface area is 492 Å². The van der Waals surface area contributed by atoms with Crippen molar-refractivity contribution in [2.75, 3.05) is 0 Å². The minimum absolute atomic E-state index is 0.0544. The zero-order valence-corrected chi connectivity index (χ0v) is 49.3. The van der Waals surface area contributed by atoms with E-state index in [1.165, 1.54) is 77.5 Å². The Morgan fingerprint density at radius 1 is 0.417 bits per heavy atom. The highest BCUT2D eigenvalue weighted by Crippen LogP contribution is 2.66. The molecule has 2 aliphatic rings. The highest BCUT2D eigenvalue weighted by atomic mass is 16.5. The first kappa shape index (κ1) is 51.3. The Morgan fingerprint density at radius 3 is 1.61 bits per heavy atom. The van der Waals surface area contributed by atoms with Crippen molar-refractivity contribution in [3.05, 3.63) is 282 Å². The molecule has 15 rings (SSSR count). The largest absolute Gasteiger partial charge is 0.456 e. The summed E-state index contributed by atoms with van der Waals surface area (Å²) in [5.74, 6) is 2.40. The summed E-state index contributed by atoms with van der Waals surface area (Å²) in [4.78, 5) is 5.19. The predicted octanol–water partition coefficient (Wildman–Crippen LogP) is 20.6. The van der Waals surface area contributed by atoms with Crippen molar-refractivity contribution in [1.29, 1.82) is 0 Å². The average molecular weight is 1090 g/mol. The first-order chi connectivity index (χ1) is 40.6. The molecule has 0 bridgehead atoms. The number of rotatable bonds is 7. The topological polar surface area (TPSA) is 36.9 Å². The number of aromatic nitrogens is 4. The molecule has 0 N–H and O–H groups in total. The van der Waals surface area contributed by atoms with E-state index in [4.69, 9.17) is 9.72 Å². The quantitative estimate of drug-likeness (QED) is 0.149. The summed E-state index contributed by atoms with van der Waals surface area (Å²) in [6, 6.07) is 85.1. The molecule has 0 atom stereocenters. The van der Waals surface area contributed by atoms with Crippen LogP contribution in [-0.4, -0.2) is 18.7 Å². The Bertz CT molecular complexity index is 4740. The van der Waals surface area contributed by atoms with Crippen LogP contribution in [0.3, 0.4) is 0 Å². The highest BCUT2D eigenvalue weighted by molar-refractivity contribution is 6.17. The van der Waals surface area contributed by atoms with Gasteiger partial charge in [-0.1, -0.05) is 208 Å². The smallest absolute Gasteiger partial charge is 0.168 e. The fourth-order valence-corrected chi connectivity index (χ4v) is 13.9. The van der Waals surface area contributed by atoms with Crippen LogP contribution < -0.4 is 4.74 Å². The molecule has 13 aromatic rings. The van der Waals surface area contributed by atoms with Crippen molar-refractivity contribution in [3.8, 4) is 73.2 Å². The summed E-state index contributed by atoms with van der Waals surface area (Å²) in [6.07, 6.45) is 4.25. The van der Waals surface area contributed by atoms with Crippen molar-refractivity contribution in [2.24, 2.45) is 0 Å². The van der Waals surface area contributed by atoms with Crippen molar-refractivity contribution >= 4 is 32.8 Å². The van der Waals surface area contributed by atoms with Crippen LogP contribution in [-0.2, 0) is 21.7 Å². The first-order valence-electron chi connectivity index (χ1n) is 29.6. The minimum Gasteiger partial charge on any atom is -0.456 e. The van der Waals surface area contributed by atoms with Crippen LogP contribution in [0, 0.1) is 0 Å². The summed E-state index contributed by atoms with van der Waals surface area (Å²) < 4.78 is 14.8. The molecule has 0 saturated heterocycles. The van der Waals surface area contributed by atoms with Gasteiger partial charge in [0.1, 0.15) is 28.7 Å². The molecule has 84 heavy (non-hydrogen) atoms. The van der Waals surface area contributed by atoms with Crippen LogP contribution in [0.1, 0.15) is 101 Å². The number of benzene rings is 10. The average Bonchev–Trinajstić information content (AvgIpc) is 1.50. The molecule has 0 saturated carbocycles. The van der Waals surface area contributed by atoms with Crippen molar-refractivity contribution in [3.63, 3.8) is 0 Å². The van der Waals surface area contributed by atoms with Crippen LogP contribution in [0.15, 0.2) is 243 Å². The molecule has 5 nitrogen and oxygen atoms in total. The maximum atomic E-state index is 7.67. The van der Waals surface area contributed by atoms with Crippen LogP contribution in [0.25, 0.3) is 94.5 Å². The van der Waals surface area contributed by atoms with Crippen LogP contribution >= 0.6 is 0 Å². The molecular formula is C79H67N4O+. The second-order valence-corrected chi connectivity index (χ2v) is 26.2. The first-order valence-corrected chi connectivity index (χ1v) is 29.6. The molecule has 0 aliphatic heterocycles. The molecule has 1 spiro atoms. The standard InChI is InChI=1S/C79H67N4O/c1-76(2,3)52-41-42-80-71(46-52)83-66-38-20-16-32-62(66)72-69(83)48-70(73-61-31-15-19-37-65(61)79(74(72)73)63-35-17-13-29-59(63)60-30-14-18-36-64(60)79)84-56-28-23-27-55(47-56)81-49-82(68-40-22-21-39-67(68)81)75-57(50-25-11-10-12-26-50)33-24-34-58(75)51-43-53(77(4,5)6)45-54(44-51)78(7,8)9/h10-49H,1-9H3/q+1. The third-order valence-corrected chi connectivity index (χ3v) is 18.0. The number of hydrogen-bond acceptors (Lipinski definition) is 2. The number of nitrogens with zero attached hydrogens (tertiary/aromatic N) is 4. The lowest BCUT2D eigenvalue weighted by Gasteiger charge is -2.31. The van der Waals surface area contributed by atoms with Gasteiger partial charge in [-0.15, -0.1) is 0 Å². The van der Waals surface area contributed by atoms with Crippen LogP contribution in [0.2, 0.25) is 0 Å². The van der Waals surface area contributed by atoms with E-state index >= 15 is 0 Å². The van der Waals surface area contributed by atoms with Crippen molar-refractivity contribution in [1.82, 2.24) is 18.7 Å². The van der Waals surface area contributed by atoms with Crippen molar-refractivity contribution in [2.45, 2.75) is 84.0 Å². The molecule has 0 amide bonds. The molecule has 10 aromatic carbocycles. The lowest BCUT2D eigenvalue weighted by atomic mass is 9.69. The Kier molecular flexibility index (Phi) is 11.4. The van der Waals surface area contributed by atoms with Crippen LogP contribution in [0.5, 0.6) is 11.5 Å². The fourth-order valence-electron chi connectivity index (χ4n) is 13.9. The number of para-hydroxylation sites is 4. The number of pyridine rings is 1. The van der Waals surface area contributed by atoms with Gasteiger partial charge in [-0.3, -0.25) is 4.57 Å². The molecule has 0 radical (unpaired) electrons. The van der Waals surface area contributed by atoms with E-state index in [2.05, 4.69) is 313 Å². The number of ether oxygens (including phenoxy) is 1. The van der Waals surface area contributed by atoms with Gasteiger partial charge in [-0.2, -0.15) is 9.13 Å². The van der Waals surface area contributed by atoms with E-state index < -0.39 is 5.41 Å². The second-order valence-electron chi connectivity index (χ2n) is 26.2. The van der Waals surface area contributed by atoms with E-state index in [0.717, 1.165) is 67.4 Å². The van der Waals surface area contributed by atoms with E-state index in [-0.39, 0.29) is 16.2 Å². The molecule has 0 unspecified atom stereocenters. The molecular weight excluding hydrogens is 1020 g/mol. The zero-order chi connectivity index (χ0) is 57.4. The van der Waals surface area contributed by atoms with E-state index in [9.17, 15) is 0 Å². The fraction of sp³-hybridized carbons (Fsp3) is 0.165. The molecule has 0 fully saturated rings. The Hall–Kier alpha value is -9.58. The van der Waals surface area contributed by atoms with Gasteiger partial charge >= 0.3 is 0 Å². The van der Waals surface area contributed by atoms with E-state index in [1.807, 2.05) is 6.20 Å². The van der Waals surface area contributed by atoms with Crippen LogP contribution in [0.4, 0.5) is 0 Å². The summed E-state index contributed by atoms with van der Waals surface area (Å²) in [6.45, 7) is 20.7. The Balaban J connectivity index is 0.970. The zero-order valence-electron chi connectivity index (χ0n) is 49.3. The SMILES string of the molecule is CC(C)(C)c1cc(-c2cccc(-c3ccccc3)c2-n2[cH+]n(-c3cccc(Oc4cc5c(c6c4-c4ccccc4C64c6ccccc6-c6ccccc64)c4ccccc4n5-c4cc(C(C)(C)C)ccn4)c3)c3ccccc32)cc(C(C)(C)C)c1. The van der Waals surface area contributed by atoms with E-state index in [1.54, 1.807) is 0 Å². The molecule has 2 aliphatic carbocycles. The van der Waals surface area contributed by atoms with Gasteiger partial charge in [0.15, 0.2) is 17.4 Å². The van der Waals surface area contributed by atoms with Gasteiger partial charge in [0.05, 0.1) is 16.4 Å². The maximum absolute atomic E-state index is 7.67. The van der Waals surface area contributed by atoms with Gasteiger partial charge in [0, 0.05) is 57.9 Å². The second kappa shape index (κ2) is 18.7. The maximum Gasteiger partial charge on any atom is 0.168 e. The summed E-state index contributed by atoms with van der Waals surface area (Å²) in [5.41, 5.74) is 24.0. The van der Waals surface area contributed by atoms with Gasteiger partial charge < -0.3 is 4.74 Å². The van der Waals surface area contributed by atoms with Gasteiger partial charge in [-0.25, -0.2) is 4.98 Å². The van der Waals surface area contributed by atoms with Crippen molar-refractivity contribution < 1.29 is 4.74 Å². The monoisotopic (exact) mass is 1090 g/mol. The lowest BCUT2D eigenvalue weighted by molar-refractivity contribution is 0.484. The molecule has 3 heterocycles. The summed E-state index contributed by atoms with van der Waals surface area (Å²) in [7, 11) is 0. The number of imidazole rings is 1. The summed E-state index contributed by atoms with van der Waals surface area (Å²) >= 11 is 0. The third-order valence-electron chi connectivity index (χ3n) is 18.0. The Morgan fingerprint density at radius 2 is 0.952 bits per heavy atom. The minimum atomic E-state index is -0.650. The predicted molar refractivity (Wildman–Crippen MR) is 349 cm³/mol. The van der Waals surface area contributed by atoms with Gasteiger partial charge in [0.2, 0.25) is 0 Å². The molecule has 5 heteroatoms. The molecule has 3 aromatic heterocycles.